The van der Waals surface area contributed by atoms with Gasteiger partial charge in [-0.3, -0.25) is 9.59 Å². The molecule has 1 aromatic heterocycles. The van der Waals surface area contributed by atoms with Gasteiger partial charge < -0.3 is 14.6 Å². The molecule has 1 aliphatic rings. The van der Waals surface area contributed by atoms with E-state index in [1.165, 1.54) is 13.2 Å². The number of rotatable bonds is 3. The van der Waals surface area contributed by atoms with Crippen LogP contribution in [0.2, 0.25) is 5.22 Å². The first-order valence-corrected chi connectivity index (χ1v) is 6.72. The van der Waals surface area contributed by atoms with Gasteiger partial charge in [-0.2, -0.15) is 0 Å². The summed E-state index contributed by atoms with van der Waals surface area (Å²) in [6.07, 6.45) is 3.20. The maximum atomic E-state index is 12.2. The molecule has 1 aromatic rings. The van der Waals surface area contributed by atoms with Crippen molar-refractivity contribution >= 4 is 23.4 Å². The van der Waals surface area contributed by atoms with E-state index in [0.29, 0.717) is 31.1 Å². The number of hydrogen-bond donors (Lipinski definition) is 1. The molecule has 2 amide bonds. The molecule has 1 saturated heterocycles. The van der Waals surface area contributed by atoms with E-state index >= 15 is 0 Å². The predicted octanol–water partition coefficient (Wildman–Crippen LogP) is 1.92. The molecule has 1 fully saturated rings. The molecule has 0 spiro atoms. The van der Waals surface area contributed by atoms with Crippen LogP contribution >= 0.6 is 11.6 Å². The molecule has 0 saturated carbocycles. The van der Waals surface area contributed by atoms with E-state index in [0.717, 1.165) is 12.8 Å². The number of furan rings is 1. The van der Waals surface area contributed by atoms with Gasteiger partial charge in [0.25, 0.3) is 5.91 Å². The number of hydrogen-bond acceptors (Lipinski definition) is 3. The second-order valence-electron chi connectivity index (χ2n) is 4.78. The topological polar surface area (TPSA) is 62.6 Å². The van der Waals surface area contributed by atoms with Gasteiger partial charge in [-0.15, -0.1) is 0 Å². The van der Waals surface area contributed by atoms with Crippen molar-refractivity contribution in [3.05, 3.63) is 23.1 Å². The Bertz CT molecular complexity index is 464. The Labute approximate surface area is 116 Å². The first-order valence-electron chi connectivity index (χ1n) is 6.34. The van der Waals surface area contributed by atoms with E-state index < -0.39 is 0 Å². The van der Waals surface area contributed by atoms with Crippen LogP contribution in [0.5, 0.6) is 0 Å². The Morgan fingerprint density at radius 2 is 2.16 bits per heavy atom. The monoisotopic (exact) mass is 284 g/mol. The largest absolute Gasteiger partial charge is 0.452 e. The van der Waals surface area contributed by atoms with Crippen molar-refractivity contribution in [2.75, 3.05) is 19.6 Å². The number of piperidine rings is 1. The van der Waals surface area contributed by atoms with Gasteiger partial charge in [0.05, 0.1) is 11.8 Å². The molecule has 0 radical (unpaired) electrons. The summed E-state index contributed by atoms with van der Waals surface area (Å²) in [6.45, 7) is 3.57. The highest BCUT2D eigenvalue weighted by Gasteiger charge is 2.25. The quantitative estimate of drug-likeness (QED) is 0.922. The zero-order chi connectivity index (χ0) is 13.8. The molecular weight excluding hydrogens is 268 g/mol. The molecule has 19 heavy (non-hydrogen) atoms. The molecule has 5 nitrogen and oxygen atoms in total. The minimum Gasteiger partial charge on any atom is -0.452 e. The summed E-state index contributed by atoms with van der Waals surface area (Å²) in [5.74, 6) is 0.341. The first kappa shape index (κ1) is 13.9. The summed E-state index contributed by atoms with van der Waals surface area (Å²) in [7, 11) is 0. The zero-order valence-corrected chi connectivity index (χ0v) is 11.6. The van der Waals surface area contributed by atoms with E-state index in [9.17, 15) is 9.59 Å². The van der Waals surface area contributed by atoms with E-state index in [2.05, 4.69) is 5.32 Å². The van der Waals surface area contributed by atoms with Crippen molar-refractivity contribution in [2.45, 2.75) is 19.8 Å². The third-order valence-corrected chi connectivity index (χ3v) is 3.68. The summed E-state index contributed by atoms with van der Waals surface area (Å²) in [5.41, 5.74) is 0.418. The highest BCUT2D eigenvalue weighted by atomic mass is 35.5. The molecular formula is C13H17ClN2O3. The smallest absolute Gasteiger partial charge is 0.258 e. The Morgan fingerprint density at radius 3 is 2.68 bits per heavy atom. The molecule has 6 heteroatoms. The molecule has 104 valence electrons. The molecule has 0 bridgehead atoms. The highest BCUT2D eigenvalue weighted by Crippen LogP contribution is 2.22. The van der Waals surface area contributed by atoms with Crippen molar-refractivity contribution < 1.29 is 14.0 Å². The lowest BCUT2D eigenvalue weighted by atomic mass is 9.96. The van der Waals surface area contributed by atoms with E-state index in [-0.39, 0.29) is 17.0 Å². The van der Waals surface area contributed by atoms with Gasteiger partial charge in [0, 0.05) is 26.6 Å². The summed E-state index contributed by atoms with van der Waals surface area (Å²) in [4.78, 5) is 24.8. The van der Waals surface area contributed by atoms with E-state index in [1.807, 2.05) is 0 Å². The van der Waals surface area contributed by atoms with Crippen molar-refractivity contribution in [3.8, 4) is 0 Å². The van der Waals surface area contributed by atoms with Crippen molar-refractivity contribution in [1.82, 2.24) is 10.2 Å². The molecule has 0 aliphatic carbocycles. The third-order valence-electron chi connectivity index (χ3n) is 3.39. The second-order valence-corrected chi connectivity index (χ2v) is 5.12. The van der Waals surface area contributed by atoms with Gasteiger partial charge in [0.15, 0.2) is 0 Å². The fourth-order valence-electron chi connectivity index (χ4n) is 2.24. The molecule has 0 atom stereocenters. The second kappa shape index (κ2) is 6.10. The Morgan fingerprint density at radius 1 is 1.47 bits per heavy atom. The first-order chi connectivity index (χ1) is 9.08. The van der Waals surface area contributed by atoms with Crippen LogP contribution in [0.1, 0.15) is 30.1 Å². The van der Waals surface area contributed by atoms with Gasteiger partial charge >= 0.3 is 0 Å². The van der Waals surface area contributed by atoms with Crippen LogP contribution in [0.25, 0.3) is 0 Å². The van der Waals surface area contributed by atoms with Crippen LogP contribution < -0.4 is 5.32 Å². The van der Waals surface area contributed by atoms with Gasteiger partial charge in [-0.05, 0) is 36.4 Å². The van der Waals surface area contributed by atoms with Crippen molar-refractivity contribution in [1.29, 1.82) is 0 Å². The number of carbonyl (C=O) groups excluding carboxylic acids is 2. The number of nitrogens with zero attached hydrogens (tertiary/aromatic N) is 1. The summed E-state index contributed by atoms with van der Waals surface area (Å²) in [5, 5.41) is 2.96. The number of amides is 2. The van der Waals surface area contributed by atoms with Crippen molar-refractivity contribution in [3.63, 3.8) is 0 Å². The number of likely N-dealkylation sites (tertiary alicyclic amines) is 1. The predicted molar refractivity (Wildman–Crippen MR) is 71.0 cm³/mol. The minimum absolute atomic E-state index is 0.0105. The number of halogens is 1. The lowest BCUT2D eigenvalue weighted by Crippen LogP contribution is -2.41. The van der Waals surface area contributed by atoms with Crippen molar-refractivity contribution in [2.24, 2.45) is 5.92 Å². The average molecular weight is 285 g/mol. The number of carbonyl (C=O) groups is 2. The van der Waals surface area contributed by atoms with Crippen LogP contribution in [-0.2, 0) is 4.79 Å². The normalized spacial score (nSPS) is 16.4. The molecule has 2 heterocycles. The zero-order valence-electron chi connectivity index (χ0n) is 10.8. The van der Waals surface area contributed by atoms with Crippen LogP contribution in [0.3, 0.4) is 0 Å². The van der Waals surface area contributed by atoms with Crippen LogP contribution in [0, 0.1) is 5.92 Å². The van der Waals surface area contributed by atoms with E-state index in [1.54, 1.807) is 11.0 Å². The lowest BCUT2D eigenvalue weighted by molar-refractivity contribution is -0.119. The fraction of sp³-hybridized carbons (Fsp3) is 0.538. The average Bonchev–Trinajstić information content (AvgIpc) is 2.82. The SMILES string of the molecule is CC(=O)NCC1CCN(C(=O)c2ccoc2Cl)CC1. The minimum atomic E-state index is -0.0864. The maximum Gasteiger partial charge on any atom is 0.258 e. The third kappa shape index (κ3) is 3.50. The summed E-state index contributed by atoms with van der Waals surface area (Å²) >= 11 is 5.81. The highest BCUT2D eigenvalue weighted by molar-refractivity contribution is 6.32. The van der Waals surface area contributed by atoms with Gasteiger partial charge in [0.2, 0.25) is 11.1 Å². The Balaban J connectivity index is 1.85. The van der Waals surface area contributed by atoms with Gasteiger partial charge in [-0.1, -0.05) is 0 Å². The standard InChI is InChI=1S/C13H17ClN2O3/c1-9(17)15-8-10-2-5-16(6-3-10)13(18)11-4-7-19-12(11)14/h4,7,10H,2-3,5-6,8H2,1H3,(H,15,17). The molecule has 0 aromatic carbocycles. The lowest BCUT2D eigenvalue weighted by Gasteiger charge is -2.31. The van der Waals surface area contributed by atoms with Crippen LogP contribution in [-0.4, -0.2) is 36.3 Å². The van der Waals surface area contributed by atoms with Gasteiger partial charge in [-0.25, -0.2) is 0 Å². The Hall–Kier alpha value is -1.49. The maximum absolute atomic E-state index is 12.2. The summed E-state index contributed by atoms with van der Waals surface area (Å²) < 4.78 is 4.93. The molecule has 2 rings (SSSR count). The van der Waals surface area contributed by atoms with Crippen LogP contribution in [0.15, 0.2) is 16.7 Å². The molecule has 0 unspecified atom stereocenters. The molecule has 1 N–H and O–H groups in total. The summed E-state index contributed by atoms with van der Waals surface area (Å²) in [6, 6.07) is 1.59. The Kier molecular flexibility index (Phi) is 4.47. The fourth-order valence-corrected chi connectivity index (χ4v) is 2.44. The van der Waals surface area contributed by atoms with Gasteiger partial charge in [0.1, 0.15) is 0 Å². The van der Waals surface area contributed by atoms with Crippen LogP contribution in [0.4, 0.5) is 0 Å². The van der Waals surface area contributed by atoms with E-state index in [4.69, 9.17) is 16.0 Å². The number of nitrogens with one attached hydrogen (secondary N) is 1. The molecule has 1 aliphatic heterocycles.